The van der Waals surface area contributed by atoms with Gasteiger partial charge in [0.25, 0.3) is 0 Å². The highest BCUT2D eigenvalue weighted by atomic mass is 35.5. The summed E-state index contributed by atoms with van der Waals surface area (Å²) in [6.07, 6.45) is 10.6. The number of hydrogen-bond donors (Lipinski definition) is 0. The molecule has 13 heavy (non-hydrogen) atoms. The largest absolute Gasteiger partial charge is 0.158 e. The molecule has 0 nitrogen and oxygen atoms in total. The molecule has 1 fully saturated rings. The Morgan fingerprint density at radius 1 is 1.62 bits per heavy atom. The quantitative estimate of drug-likeness (QED) is 0.681. The highest BCUT2D eigenvalue weighted by Gasteiger charge is 2.21. The SMILES string of the molecule is CCCC1[C]C(CC=CCl)SCC1. The molecule has 1 rings (SSSR count). The minimum atomic E-state index is 0.584. The normalized spacial score (nSPS) is 29.7. The standard InChI is InChI=1S/C11H17ClS/c1-2-4-10-6-8-13-11(9-10)5-3-7-12/h3,7,10-11H,2,4-6,8H2,1H3. The van der Waals surface area contributed by atoms with Gasteiger partial charge >= 0.3 is 0 Å². The first-order chi connectivity index (χ1) is 6.36. The summed E-state index contributed by atoms with van der Waals surface area (Å²) in [6.45, 7) is 2.25. The molecule has 1 aliphatic rings. The number of hydrogen-bond acceptors (Lipinski definition) is 1. The van der Waals surface area contributed by atoms with Gasteiger partial charge in [0.05, 0.1) is 0 Å². The lowest BCUT2D eigenvalue weighted by molar-refractivity contribution is 0.507. The maximum Gasteiger partial charge on any atom is 0.0153 e. The van der Waals surface area contributed by atoms with Gasteiger partial charge in [-0.25, -0.2) is 0 Å². The van der Waals surface area contributed by atoms with Crippen LogP contribution in [0.15, 0.2) is 11.6 Å². The molecule has 0 aromatic heterocycles. The van der Waals surface area contributed by atoms with Crippen LogP contribution in [0, 0.1) is 12.3 Å². The second kappa shape index (κ2) is 6.78. The third kappa shape index (κ3) is 4.42. The predicted molar refractivity (Wildman–Crippen MR) is 62.1 cm³/mol. The first kappa shape index (κ1) is 11.5. The molecule has 2 atom stereocenters. The van der Waals surface area contributed by atoms with E-state index in [-0.39, 0.29) is 0 Å². The molecule has 0 bridgehead atoms. The van der Waals surface area contributed by atoms with Crippen LogP contribution in [0.5, 0.6) is 0 Å². The number of rotatable bonds is 4. The lowest BCUT2D eigenvalue weighted by Gasteiger charge is -2.26. The molecule has 0 aliphatic carbocycles. The summed E-state index contributed by atoms with van der Waals surface area (Å²) in [5.74, 6) is 2.03. The van der Waals surface area contributed by atoms with Gasteiger partial charge in [0.15, 0.2) is 0 Å². The topological polar surface area (TPSA) is 0 Å². The highest BCUT2D eigenvalue weighted by Crippen LogP contribution is 2.33. The third-order valence-electron chi connectivity index (χ3n) is 2.28. The predicted octanol–water partition coefficient (Wildman–Crippen LogP) is 4.13. The fourth-order valence-corrected chi connectivity index (χ4v) is 2.98. The van der Waals surface area contributed by atoms with E-state index >= 15 is 0 Å². The average Bonchev–Trinajstić information content (AvgIpc) is 2.16. The van der Waals surface area contributed by atoms with E-state index in [0.29, 0.717) is 5.25 Å². The number of thioether (sulfide) groups is 1. The van der Waals surface area contributed by atoms with Crippen LogP contribution in [0.2, 0.25) is 0 Å². The molecule has 0 aromatic rings. The van der Waals surface area contributed by atoms with Gasteiger partial charge in [-0.05, 0) is 24.5 Å². The van der Waals surface area contributed by atoms with Crippen molar-refractivity contribution in [2.24, 2.45) is 5.92 Å². The zero-order chi connectivity index (χ0) is 9.52. The lowest BCUT2D eigenvalue weighted by Crippen LogP contribution is -2.18. The molecule has 74 valence electrons. The van der Waals surface area contributed by atoms with Crippen molar-refractivity contribution in [3.05, 3.63) is 18.0 Å². The summed E-state index contributed by atoms with van der Waals surface area (Å²) in [5.41, 5.74) is 1.62. The van der Waals surface area contributed by atoms with Crippen LogP contribution in [-0.2, 0) is 0 Å². The number of allylic oxidation sites excluding steroid dienone is 1. The van der Waals surface area contributed by atoms with Crippen molar-refractivity contribution >= 4 is 23.4 Å². The van der Waals surface area contributed by atoms with Crippen molar-refractivity contribution < 1.29 is 0 Å². The summed E-state index contributed by atoms with van der Waals surface area (Å²) in [5, 5.41) is 0.584. The van der Waals surface area contributed by atoms with Gasteiger partial charge in [-0.15, -0.1) is 0 Å². The van der Waals surface area contributed by atoms with Crippen LogP contribution < -0.4 is 0 Å². The van der Waals surface area contributed by atoms with Gasteiger partial charge < -0.3 is 0 Å². The second-order valence-electron chi connectivity index (χ2n) is 3.40. The number of halogens is 1. The molecule has 2 unspecified atom stereocenters. The summed E-state index contributed by atoms with van der Waals surface area (Å²) < 4.78 is 0. The first-order valence-electron chi connectivity index (χ1n) is 4.99. The molecule has 1 saturated heterocycles. The van der Waals surface area contributed by atoms with Crippen molar-refractivity contribution in [2.75, 3.05) is 5.75 Å². The van der Waals surface area contributed by atoms with E-state index in [0.717, 1.165) is 12.3 Å². The maximum atomic E-state index is 5.50. The Morgan fingerprint density at radius 3 is 3.15 bits per heavy atom. The molecule has 0 N–H and O–H groups in total. The van der Waals surface area contributed by atoms with Crippen molar-refractivity contribution in [2.45, 2.75) is 37.9 Å². The van der Waals surface area contributed by atoms with Gasteiger partial charge in [0.2, 0.25) is 0 Å². The first-order valence-corrected chi connectivity index (χ1v) is 6.48. The maximum absolute atomic E-state index is 5.50. The van der Waals surface area contributed by atoms with Crippen LogP contribution in [0.3, 0.4) is 0 Å². The van der Waals surface area contributed by atoms with E-state index in [4.69, 9.17) is 11.6 Å². The van der Waals surface area contributed by atoms with Crippen LogP contribution in [0.1, 0.15) is 32.6 Å². The second-order valence-corrected chi connectivity index (χ2v) is 4.96. The molecule has 2 radical (unpaired) electrons. The van der Waals surface area contributed by atoms with Crippen LogP contribution in [-0.4, -0.2) is 11.0 Å². The van der Waals surface area contributed by atoms with Gasteiger partial charge in [0, 0.05) is 17.2 Å². The molecule has 1 aliphatic heterocycles. The molecule has 0 saturated carbocycles. The van der Waals surface area contributed by atoms with Crippen molar-refractivity contribution in [1.82, 2.24) is 0 Å². The van der Waals surface area contributed by atoms with E-state index in [1.54, 1.807) is 5.54 Å². The van der Waals surface area contributed by atoms with Gasteiger partial charge in [-0.2, -0.15) is 11.8 Å². The van der Waals surface area contributed by atoms with Crippen LogP contribution in [0.25, 0.3) is 0 Å². The molecule has 0 aromatic carbocycles. The summed E-state index contributed by atoms with van der Waals surface area (Å²) in [7, 11) is 0. The average molecular weight is 217 g/mol. The third-order valence-corrected chi connectivity index (χ3v) is 3.66. The van der Waals surface area contributed by atoms with Gasteiger partial charge in [-0.1, -0.05) is 37.4 Å². The van der Waals surface area contributed by atoms with Gasteiger partial charge in [0.1, 0.15) is 0 Å². The van der Waals surface area contributed by atoms with Gasteiger partial charge in [-0.3, -0.25) is 0 Å². The van der Waals surface area contributed by atoms with Crippen molar-refractivity contribution in [3.8, 4) is 0 Å². The van der Waals surface area contributed by atoms with E-state index in [9.17, 15) is 0 Å². The minimum absolute atomic E-state index is 0.584. The summed E-state index contributed by atoms with van der Waals surface area (Å²) in [4.78, 5) is 0. The molecule has 2 heteroatoms. The van der Waals surface area contributed by atoms with Crippen molar-refractivity contribution in [3.63, 3.8) is 0 Å². The molecule has 0 amide bonds. The Balaban J connectivity index is 2.24. The van der Waals surface area contributed by atoms with E-state index in [2.05, 4.69) is 13.3 Å². The van der Waals surface area contributed by atoms with E-state index in [1.807, 2.05) is 17.8 Å². The molecule has 0 spiro atoms. The van der Waals surface area contributed by atoms with Crippen LogP contribution >= 0.6 is 23.4 Å². The molecular weight excluding hydrogens is 200 g/mol. The summed E-state index contributed by atoms with van der Waals surface area (Å²) >= 11 is 7.51. The Labute approximate surface area is 91.1 Å². The Kier molecular flexibility index (Phi) is 5.97. The Morgan fingerprint density at radius 2 is 2.46 bits per heavy atom. The summed E-state index contributed by atoms with van der Waals surface area (Å²) in [6, 6.07) is 0. The minimum Gasteiger partial charge on any atom is -0.158 e. The molecule has 1 heterocycles. The highest BCUT2D eigenvalue weighted by molar-refractivity contribution is 8.00. The Bertz CT molecular complexity index is 154. The fourth-order valence-electron chi connectivity index (χ4n) is 1.63. The van der Waals surface area contributed by atoms with E-state index < -0.39 is 0 Å². The van der Waals surface area contributed by atoms with Crippen LogP contribution in [0.4, 0.5) is 0 Å². The zero-order valence-electron chi connectivity index (χ0n) is 8.13. The smallest absolute Gasteiger partial charge is 0.0153 e. The van der Waals surface area contributed by atoms with E-state index in [1.165, 1.54) is 25.0 Å². The fraction of sp³-hybridized carbons (Fsp3) is 0.727. The molecular formula is C11H17ClS. The Hall–Kier alpha value is 0.380. The lowest BCUT2D eigenvalue weighted by atomic mass is 9.94. The van der Waals surface area contributed by atoms with Crippen molar-refractivity contribution in [1.29, 1.82) is 0 Å². The monoisotopic (exact) mass is 216 g/mol. The zero-order valence-corrected chi connectivity index (χ0v) is 9.70.